The molecule has 0 spiro atoms. The Kier molecular flexibility index (Phi) is 7.90. The van der Waals surface area contributed by atoms with Crippen molar-refractivity contribution in [2.24, 2.45) is 0 Å². The first-order chi connectivity index (χ1) is 18.2. The van der Waals surface area contributed by atoms with Crippen LogP contribution in [0, 0.1) is 0 Å². The Balaban J connectivity index is 0.000000540. The molecule has 2 aromatic carbocycles. The SMILES string of the molecule is O=P(O)(O)O.O=c1[nH]c(CN2CCCCC2)nc2cc(-c3cn(Cc4ccccc4)c4ccccc34)sc12. The summed E-state index contributed by atoms with van der Waals surface area (Å²) in [7, 11) is -4.64. The van der Waals surface area contributed by atoms with Crippen molar-refractivity contribution in [2.45, 2.75) is 32.4 Å². The molecule has 3 aromatic heterocycles. The maximum absolute atomic E-state index is 12.9. The highest BCUT2D eigenvalue weighted by molar-refractivity contribution is 7.45. The summed E-state index contributed by atoms with van der Waals surface area (Å²) in [5, 5.41) is 1.20. The monoisotopic (exact) mass is 552 g/mol. The molecule has 0 radical (unpaired) electrons. The van der Waals surface area contributed by atoms with E-state index in [9.17, 15) is 4.79 Å². The van der Waals surface area contributed by atoms with Gasteiger partial charge in [-0.2, -0.15) is 0 Å². The van der Waals surface area contributed by atoms with Crippen molar-refractivity contribution in [3.05, 3.63) is 88.6 Å². The molecule has 4 N–H and O–H groups in total. The van der Waals surface area contributed by atoms with Crippen molar-refractivity contribution >= 4 is 40.3 Å². The van der Waals surface area contributed by atoms with Gasteiger partial charge in [0.1, 0.15) is 10.5 Å². The number of aromatic amines is 1. The van der Waals surface area contributed by atoms with Gasteiger partial charge in [0.2, 0.25) is 0 Å². The Morgan fingerprint density at radius 1 is 0.947 bits per heavy atom. The van der Waals surface area contributed by atoms with Gasteiger partial charge in [-0.3, -0.25) is 9.69 Å². The highest BCUT2D eigenvalue weighted by atomic mass is 32.1. The number of likely N-dealkylation sites (tertiary alicyclic amines) is 1. The van der Waals surface area contributed by atoms with Gasteiger partial charge in [0.05, 0.1) is 12.1 Å². The second kappa shape index (κ2) is 11.3. The fourth-order valence-electron chi connectivity index (χ4n) is 4.88. The van der Waals surface area contributed by atoms with Crippen LogP contribution >= 0.6 is 19.2 Å². The number of piperidine rings is 1. The zero-order valence-corrected chi connectivity index (χ0v) is 22.4. The molecule has 1 aliphatic heterocycles. The molecule has 0 unspecified atom stereocenters. The van der Waals surface area contributed by atoms with E-state index in [4.69, 9.17) is 24.2 Å². The minimum Gasteiger partial charge on any atom is -0.342 e. The lowest BCUT2D eigenvalue weighted by molar-refractivity contribution is 0.216. The maximum atomic E-state index is 12.9. The van der Waals surface area contributed by atoms with Gasteiger partial charge in [-0.25, -0.2) is 9.55 Å². The number of nitrogens with zero attached hydrogens (tertiary/aromatic N) is 3. The number of fused-ring (bicyclic) bond motifs is 2. The van der Waals surface area contributed by atoms with E-state index >= 15 is 0 Å². The minimum atomic E-state index is -4.64. The summed E-state index contributed by atoms with van der Waals surface area (Å²) < 4.78 is 11.9. The van der Waals surface area contributed by atoms with Gasteiger partial charge < -0.3 is 24.2 Å². The highest BCUT2D eigenvalue weighted by Crippen LogP contribution is 2.37. The Labute approximate surface area is 223 Å². The summed E-state index contributed by atoms with van der Waals surface area (Å²) >= 11 is 1.53. The zero-order valence-electron chi connectivity index (χ0n) is 20.7. The van der Waals surface area contributed by atoms with Crippen LogP contribution in [0.5, 0.6) is 0 Å². The summed E-state index contributed by atoms with van der Waals surface area (Å²) in [6.45, 7) is 3.69. The van der Waals surface area contributed by atoms with E-state index in [0.29, 0.717) is 11.2 Å². The third-order valence-electron chi connectivity index (χ3n) is 6.50. The van der Waals surface area contributed by atoms with Crippen LogP contribution in [0.25, 0.3) is 31.6 Å². The molecule has 9 nitrogen and oxygen atoms in total. The Hall–Kier alpha value is -3.11. The van der Waals surface area contributed by atoms with Crippen LogP contribution in [-0.2, 0) is 17.7 Å². The van der Waals surface area contributed by atoms with Gasteiger partial charge in [0, 0.05) is 34.1 Å². The summed E-state index contributed by atoms with van der Waals surface area (Å²) in [5.74, 6) is 0.769. The summed E-state index contributed by atoms with van der Waals surface area (Å²) in [5.41, 5.74) is 4.38. The van der Waals surface area contributed by atoms with E-state index in [-0.39, 0.29) is 5.56 Å². The molecule has 38 heavy (non-hydrogen) atoms. The number of aromatic nitrogens is 3. The fourth-order valence-corrected chi connectivity index (χ4v) is 5.90. The van der Waals surface area contributed by atoms with Crippen LogP contribution in [0.3, 0.4) is 0 Å². The topological polar surface area (TPSA) is 132 Å². The van der Waals surface area contributed by atoms with E-state index in [2.05, 4.69) is 75.2 Å². The molecule has 0 atom stereocenters. The molecule has 0 aliphatic carbocycles. The maximum Gasteiger partial charge on any atom is 0.466 e. The third-order valence-corrected chi connectivity index (χ3v) is 7.66. The molecule has 1 saturated heterocycles. The number of nitrogens with one attached hydrogen (secondary N) is 1. The van der Waals surface area contributed by atoms with Crippen LogP contribution in [0.4, 0.5) is 0 Å². The quantitative estimate of drug-likeness (QED) is 0.232. The Bertz CT molecular complexity index is 1640. The largest absolute Gasteiger partial charge is 0.466 e. The van der Waals surface area contributed by atoms with Crippen molar-refractivity contribution in [3.8, 4) is 10.4 Å². The molecular weight excluding hydrogens is 523 g/mol. The van der Waals surface area contributed by atoms with E-state index in [0.717, 1.165) is 41.4 Å². The molecule has 4 heterocycles. The van der Waals surface area contributed by atoms with Crippen molar-refractivity contribution < 1.29 is 19.2 Å². The van der Waals surface area contributed by atoms with Crippen molar-refractivity contribution in [2.75, 3.05) is 13.1 Å². The number of hydrogen-bond acceptors (Lipinski definition) is 5. The molecule has 1 aliphatic rings. The first-order valence-electron chi connectivity index (χ1n) is 12.4. The third kappa shape index (κ3) is 6.47. The number of rotatable bonds is 5. The molecule has 198 valence electrons. The number of benzene rings is 2. The lowest BCUT2D eigenvalue weighted by atomic mass is 10.1. The second-order valence-electron chi connectivity index (χ2n) is 9.36. The summed E-state index contributed by atoms with van der Waals surface area (Å²) in [6, 6.07) is 21.1. The lowest BCUT2D eigenvalue weighted by Gasteiger charge is -2.25. The Morgan fingerprint density at radius 3 is 2.37 bits per heavy atom. The summed E-state index contributed by atoms with van der Waals surface area (Å²) in [6.07, 6.45) is 5.96. The molecule has 0 saturated carbocycles. The Morgan fingerprint density at radius 2 is 1.63 bits per heavy atom. The predicted molar refractivity (Wildman–Crippen MR) is 150 cm³/mol. The lowest BCUT2D eigenvalue weighted by Crippen LogP contribution is -2.30. The van der Waals surface area contributed by atoms with Crippen molar-refractivity contribution in [1.29, 1.82) is 0 Å². The van der Waals surface area contributed by atoms with Crippen LogP contribution < -0.4 is 5.56 Å². The minimum absolute atomic E-state index is 0.0312. The van der Waals surface area contributed by atoms with Gasteiger partial charge in [-0.15, -0.1) is 11.3 Å². The van der Waals surface area contributed by atoms with E-state index in [1.165, 1.54) is 47.1 Å². The van der Waals surface area contributed by atoms with Crippen LogP contribution in [-0.4, -0.2) is 47.2 Å². The molecule has 6 rings (SSSR count). The average Bonchev–Trinajstić information content (AvgIpc) is 3.47. The first kappa shape index (κ1) is 26.5. The number of hydrogen-bond donors (Lipinski definition) is 4. The molecule has 0 bridgehead atoms. The highest BCUT2D eigenvalue weighted by Gasteiger charge is 2.17. The van der Waals surface area contributed by atoms with Gasteiger partial charge in [-0.05, 0) is 43.6 Å². The first-order valence-corrected chi connectivity index (χ1v) is 14.8. The number of H-pyrrole nitrogens is 1. The van der Waals surface area contributed by atoms with Crippen LogP contribution in [0.2, 0.25) is 0 Å². The van der Waals surface area contributed by atoms with Crippen LogP contribution in [0.15, 0.2) is 71.7 Å². The molecule has 1 fully saturated rings. The normalized spacial score (nSPS) is 14.5. The molecule has 5 aromatic rings. The molecule has 0 amide bonds. The zero-order chi connectivity index (χ0) is 26.7. The number of phosphoric acid groups is 1. The van der Waals surface area contributed by atoms with Crippen molar-refractivity contribution in [3.63, 3.8) is 0 Å². The van der Waals surface area contributed by atoms with E-state index in [1.807, 2.05) is 6.07 Å². The summed E-state index contributed by atoms with van der Waals surface area (Å²) in [4.78, 5) is 45.8. The van der Waals surface area contributed by atoms with Gasteiger partial charge >= 0.3 is 7.82 Å². The smallest absolute Gasteiger partial charge is 0.342 e. The second-order valence-corrected chi connectivity index (χ2v) is 11.4. The fraction of sp³-hybridized carbons (Fsp3) is 0.259. The number of para-hydroxylation sites is 1. The van der Waals surface area contributed by atoms with Gasteiger partial charge in [0.15, 0.2) is 0 Å². The van der Waals surface area contributed by atoms with Gasteiger partial charge in [-0.1, -0.05) is 55.0 Å². The number of thiophene rings is 1. The van der Waals surface area contributed by atoms with E-state index in [1.54, 1.807) is 0 Å². The molecular formula is C27H29N4O5PS. The van der Waals surface area contributed by atoms with E-state index < -0.39 is 7.82 Å². The van der Waals surface area contributed by atoms with Gasteiger partial charge in [0.25, 0.3) is 5.56 Å². The standard InChI is InChI=1S/C27H26N4OS.H3O4P/c32-27-26-22(28-25(29-27)18-30-13-7-2-8-14-30)15-24(33-26)21-17-31(16-19-9-3-1-4-10-19)23-12-6-5-11-20(21)23;1-5(2,3)4/h1,3-6,9-12,15,17H,2,7-8,13-14,16,18H2,(H,28,29,32);(H3,1,2,3,4). The van der Waals surface area contributed by atoms with Crippen LogP contribution in [0.1, 0.15) is 30.7 Å². The van der Waals surface area contributed by atoms with Crippen molar-refractivity contribution in [1.82, 2.24) is 19.4 Å². The molecule has 11 heteroatoms. The average molecular weight is 553 g/mol. The predicted octanol–water partition coefficient (Wildman–Crippen LogP) is 4.71.